The van der Waals surface area contributed by atoms with Crippen LogP contribution in [0, 0.1) is 13.8 Å². The topological polar surface area (TPSA) is 60.1 Å². The Morgan fingerprint density at radius 3 is 2.55 bits per heavy atom. The molecule has 1 aromatic heterocycles. The van der Waals surface area contributed by atoms with Crippen LogP contribution in [0.3, 0.4) is 0 Å². The first-order valence-electron chi connectivity index (χ1n) is 7.23. The maximum absolute atomic E-state index is 11.5. The number of hydrogen-bond acceptors (Lipinski definition) is 2. The highest BCUT2D eigenvalue weighted by Crippen LogP contribution is 2.30. The van der Waals surface area contributed by atoms with E-state index in [9.17, 15) is 4.79 Å². The van der Waals surface area contributed by atoms with Gasteiger partial charge in [0.25, 0.3) is 5.91 Å². The molecule has 22 heavy (non-hydrogen) atoms. The third kappa shape index (κ3) is 2.04. The number of fused-ring (bicyclic) bond motifs is 1. The lowest BCUT2D eigenvalue weighted by molar-refractivity contribution is 0.100. The molecule has 0 spiro atoms. The zero-order valence-corrected chi connectivity index (χ0v) is 13.0. The van der Waals surface area contributed by atoms with Gasteiger partial charge in [-0.25, -0.2) is 0 Å². The third-order valence-electron chi connectivity index (χ3n) is 4.22. The number of carbonyl (C=O) groups is 1. The van der Waals surface area contributed by atoms with Gasteiger partial charge in [0.15, 0.2) is 0 Å². The Morgan fingerprint density at radius 1 is 1.14 bits per heavy atom. The molecule has 0 radical (unpaired) electrons. The number of nitrogens with one attached hydrogen (secondary N) is 1. The number of primary amides is 1. The minimum absolute atomic E-state index is 0.429. The highest BCUT2D eigenvalue weighted by molar-refractivity contribution is 5.99. The average Bonchev–Trinajstić information content (AvgIpc) is 2.78. The number of aromatic nitrogens is 1. The number of anilines is 1. The second-order valence-corrected chi connectivity index (χ2v) is 5.41. The van der Waals surface area contributed by atoms with Gasteiger partial charge in [-0.3, -0.25) is 4.79 Å². The van der Waals surface area contributed by atoms with E-state index in [2.05, 4.69) is 35.9 Å². The Hall–Kier alpha value is -2.75. The van der Waals surface area contributed by atoms with Crippen LogP contribution in [0.1, 0.15) is 21.6 Å². The quantitative estimate of drug-likeness (QED) is 0.777. The highest BCUT2D eigenvalue weighted by atomic mass is 16.1. The molecule has 0 fully saturated rings. The molecule has 0 unspecified atom stereocenters. The normalized spacial score (nSPS) is 10.9. The molecule has 2 aromatic carbocycles. The SMILES string of the molecule is CNc1cc(-n2c(C)c(C)c3ccccc32)ccc1C(N)=O. The zero-order valence-electron chi connectivity index (χ0n) is 13.0. The molecule has 0 saturated carbocycles. The van der Waals surface area contributed by atoms with E-state index in [0.29, 0.717) is 5.56 Å². The van der Waals surface area contributed by atoms with Crippen LogP contribution in [0.4, 0.5) is 5.69 Å². The van der Waals surface area contributed by atoms with Crippen molar-refractivity contribution in [1.82, 2.24) is 4.57 Å². The molecule has 0 aliphatic heterocycles. The number of carbonyl (C=O) groups excluding carboxylic acids is 1. The van der Waals surface area contributed by atoms with Crippen molar-refractivity contribution in [3.63, 3.8) is 0 Å². The van der Waals surface area contributed by atoms with Gasteiger partial charge in [-0.15, -0.1) is 0 Å². The second-order valence-electron chi connectivity index (χ2n) is 5.41. The molecule has 4 heteroatoms. The standard InChI is InChI=1S/C18H19N3O/c1-11-12(2)21(17-7-5-4-6-14(11)17)13-8-9-15(18(19)22)16(10-13)20-3/h4-10,20H,1-3H3,(H2,19,22). The molecule has 112 valence electrons. The summed E-state index contributed by atoms with van der Waals surface area (Å²) in [6.07, 6.45) is 0. The van der Waals surface area contributed by atoms with Gasteiger partial charge in [0.05, 0.1) is 11.1 Å². The summed E-state index contributed by atoms with van der Waals surface area (Å²) in [4.78, 5) is 11.5. The van der Waals surface area contributed by atoms with Crippen LogP contribution in [-0.2, 0) is 0 Å². The van der Waals surface area contributed by atoms with Crippen molar-refractivity contribution in [3.05, 3.63) is 59.3 Å². The van der Waals surface area contributed by atoms with E-state index in [1.807, 2.05) is 24.3 Å². The van der Waals surface area contributed by atoms with E-state index in [0.717, 1.165) is 16.9 Å². The first-order valence-corrected chi connectivity index (χ1v) is 7.23. The molecular weight excluding hydrogens is 274 g/mol. The van der Waals surface area contributed by atoms with Gasteiger partial charge in [-0.05, 0) is 43.7 Å². The second kappa shape index (κ2) is 5.22. The highest BCUT2D eigenvalue weighted by Gasteiger charge is 2.14. The van der Waals surface area contributed by atoms with Gasteiger partial charge in [0.1, 0.15) is 0 Å². The van der Waals surface area contributed by atoms with Crippen molar-refractivity contribution in [2.45, 2.75) is 13.8 Å². The van der Waals surface area contributed by atoms with Crippen molar-refractivity contribution in [1.29, 1.82) is 0 Å². The molecule has 3 aromatic rings. The molecular formula is C18H19N3O. The molecule has 3 rings (SSSR count). The minimum Gasteiger partial charge on any atom is -0.387 e. The van der Waals surface area contributed by atoms with E-state index in [-0.39, 0.29) is 0 Å². The van der Waals surface area contributed by atoms with Gasteiger partial charge in [-0.2, -0.15) is 0 Å². The lowest BCUT2D eigenvalue weighted by atomic mass is 10.1. The van der Waals surface area contributed by atoms with Gasteiger partial charge in [-0.1, -0.05) is 18.2 Å². The van der Waals surface area contributed by atoms with Crippen LogP contribution >= 0.6 is 0 Å². The van der Waals surface area contributed by atoms with Crippen LogP contribution in [0.15, 0.2) is 42.5 Å². The number of hydrogen-bond donors (Lipinski definition) is 2. The largest absolute Gasteiger partial charge is 0.387 e. The van der Waals surface area contributed by atoms with Gasteiger partial charge in [0, 0.05) is 29.5 Å². The molecule has 4 nitrogen and oxygen atoms in total. The lowest BCUT2D eigenvalue weighted by Gasteiger charge is -2.13. The number of benzene rings is 2. The summed E-state index contributed by atoms with van der Waals surface area (Å²) in [5.74, 6) is -0.429. The lowest BCUT2D eigenvalue weighted by Crippen LogP contribution is -2.13. The van der Waals surface area contributed by atoms with E-state index < -0.39 is 5.91 Å². The van der Waals surface area contributed by atoms with Crippen LogP contribution in [-0.4, -0.2) is 17.5 Å². The summed E-state index contributed by atoms with van der Waals surface area (Å²) >= 11 is 0. The van der Waals surface area contributed by atoms with Gasteiger partial charge in [0.2, 0.25) is 0 Å². The fraction of sp³-hybridized carbons (Fsp3) is 0.167. The van der Waals surface area contributed by atoms with E-state index in [1.165, 1.54) is 16.6 Å². The van der Waals surface area contributed by atoms with Crippen LogP contribution in [0.2, 0.25) is 0 Å². The fourth-order valence-electron chi connectivity index (χ4n) is 2.95. The molecule has 1 heterocycles. The third-order valence-corrected chi connectivity index (χ3v) is 4.22. The Bertz CT molecular complexity index is 877. The summed E-state index contributed by atoms with van der Waals surface area (Å²) in [7, 11) is 1.79. The monoisotopic (exact) mass is 293 g/mol. The summed E-state index contributed by atoms with van der Waals surface area (Å²) in [5.41, 5.74) is 11.3. The van der Waals surface area contributed by atoms with Crippen LogP contribution in [0.5, 0.6) is 0 Å². The molecule has 0 bridgehead atoms. The minimum atomic E-state index is -0.429. The van der Waals surface area contributed by atoms with Crippen molar-refractivity contribution in [2.75, 3.05) is 12.4 Å². The predicted octanol–water partition coefficient (Wildman–Crippen LogP) is 3.39. The summed E-state index contributed by atoms with van der Waals surface area (Å²) < 4.78 is 2.20. The number of nitrogens with zero attached hydrogens (tertiary/aromatic N) is 1. The molecule has 0 atom stereocenters. The first-order chi connectivity index (χ1) is 10.5. The molecule has 0 aliphatic carbocycles. The van der Waals surface area contributed by atoms with Crippen molar-refractivity contribution < 1.29 is 4.79 Å². The van der Waals surface area contributed by atoms with E-state index in [1.54, 1.807) is 13.1 Å². The van der Waals surface area contributed by atoms with Gasteiger partial charge < -0.3 is 15.6 Å². The molecule has 1 amide bonds. The predicted molar refractivity (Wildman–Crippen MR) is 90.8 cm³/mol. The van der Waals surface area contributed by atoms with Crippen molar-refractivity contribution in [3.8, 4) is 5.69 Å². The molecule has 3 N–H and O–H groups in total. The maximum Gasteiger partial charge on any atom is 0.250 e. The van der Waals surface area contributed by atoms with E-state index >= 15 is 0 Å². The average molecular weight is 293 g/mol. The summed E-state index contributed by atoms with van der Waals surface area (Å²) in [6, 6.07) is 14.0. The Labute approximate surface area is 129 Å². The smallest absolute Gasteiger partial charge is 0.250 e. The van der Waals surface area contributed by atoms with E-state index in [4.69, 9.17) is 5.73 Å². The Morgan fingerprint density at radius 2 is 1.86 bits per heavy atom. The molecule has 0 saturated heterocycles. The number of amides is 1. The van der Waals surface area contributed by atoms with Crippen molar-refractivity contribution >= 4 is 22.5 Å². The Kier molecular flexibility index (Phi) is 3.37. The fourth-order valence-corrected chi connectivity index (χ4v) is 2.95. The number of rotatable bonds is 3. The molecule has 0 aliphatic rings. The number of para-hydroxylation sites is 1. The summed E-state index contributed by atoms with van der Waals surface area (Å²) in [6.45, 7) is 4.24. The van der Waals surface area contributed by atoms with Crippen LogP contribution in [0.25, 0.3) is 16.6 Å². The van der Waals surface area contributed by atoms with Crippen molar-refractivity contribution in [2.24, 2.45) is 5.73 Å². The summed E-state index contributed by atoms with van der Waals surface area (Å²) in [5, 5.41) is 4.29. The number of aryl methyl sites for hydroxylation is 1. The number of nitrogens with two attached hydrogens (primary N) is 1. The first kappa shape index (κ1) is 14.2. The maximum atomic E-state index is 11.5. The van der Waals surface area contributed by atoms with Crippen LogP contribution < -0.4 is 11.1 Å². The van der Waals surface area contributed by atoms with Gasteiger partial charge >= 0.3 is 0 Å². The Balaban J connectivity index is 2.28. The zero-order chi connectivity index (χ0) is 15.9.